The van der Waals surface area contributed by atoms with E-state index >= 15 is 0 Å². The SMILES string of the molecule is NC(=O)c1ccc(CO/N=C(\N)CCc2ccccc2)cc1. The molecule has 0 radical (unpaired) electrons. The Morgan fingerprint density at radius 1 is 0.955 bits per heavy atom. The molecule has 2 aromatic carbocycles. The number of rotatable bonds is 7. The predicted octanol–water partition coefficient (Wildman–Crippen LogP) is 2.21. The summed E-state index contributed by atoms with van der Waals surface area (Å²) in [5.41, 5.74) is 13.6. The van der Waals surface area contributed by atoms with Crippen LogP contribution in [-0.2, 0) is 17.9 Å². The molecule has 2 rings (SSSR count). The third-order valence-electron chi connectivity index (χ3n) is 3.16. The summed E-state index contributed by atoms with van der Waals surface area (Å²) in [6, 6.07) is 16.9. The number of primary amides is 1. The van der Waals surface area contributed by atoms with Crippen molar-refractivity contribution in [1.82, 2.24) is 0 Å². The second-order valence-electron chi connectivity index (χ2n) is 4.90. The first kappa shape index (κ1) is 15.6. The van der Waals surface area contributed by atoms with Crippen LogP contribution in [0.1, 0.15) is 27.9 Å². The summed E-state index contributed by atoms with van der Waals surface area (Å²) in [4.78, 5) is 16.2. The van der Waals surface area contributed by atoms with Crippen LogP contribution < -0.4 is 11.5 Å². The van der Waals surface area contributed by atoms with Crippen LogP contribution in [-0.4, -0.2) is 11.7 Å². The van der Waals surface area contributed by atoms with Crippen LogP contribution in [0.25, 0.3) is 0 Å². The highest BCUT2D eigenvalue weighted by Crippen LogP contribution is 2.06. The van der Waals surface area contributed by atoms with Crippen LogP contribution in [0.4, 0.5) is 0 Å². The fourth-order valence-corrected chi connectivity index (χ4v) is 1.92. The maximum Gasteiger partial charge on any atom is 0.248 e. The van der Waals surface area contributed by atoms with Gasteiger partial charge in [-0.05, 0) is 29.7 Å². The first-order valence-corrected chi connectivity index (χ1v) is 7.02. The summed E-state index contributed by atoms with van der Waals surface area (Å²) in [7, 11) is 0. The van der Waals surface area contributed by atoms with Crippen molar-refractivity contribution >= 4 is 11.7 Å². The molecule has 5 nitrogen and oxygen atoms in total. The molecule has 22 heavy (non-hydrogen) atoms. The van der Waals surface area contributed by atoms with Crippen molar-refractivity contribution < 1.29 is 9.63 Å². The van der Waals surface area contributed by atoms with Gasteiger partial charge in [-0.1, -0.05) is 47.6 Å². The molecular formula is C17H19N3O2. The highest BCUT2D eigenvalue weighted by atomic mass is 16.6. The van der Waals surface area contributed by atoms with Gasteiger partial charge in [0.05, 0.1) is 0 Å². The van der Waals surface area contributed by atoms with E-state index in [4.69, 9.17) is 16.3 Å². The van der Waals surface area contributed by atoms with Crippen molar-refractivity contribution in [3.05, 3.63) is 71.3 Å². The molecule has 0 aliphatic carbocycles. The minimum absolute atomic E-state index is 0.297. The molecular weight excluding hydrogens is 278 g/mol. The van der Waals surface area contributed by atoms with E-state index in [9.17, 15) is 4.79 Å². The lowest BCUT2D eigenvalue weighted by atomic mass is 10.1. The number of benzene rings is 2. The number of nitrogens with two attached hydrogens (primary N) is 2. The average molecular weight is 297 g/mol. The molecule has 0 heterocycles. The van der Waals surface area contributed by atoms with Crippen molar-refractivity contribution in [2.75, 3.05) is 0 Å². The fourth-order valence-electron chi connectivity index (χ4n) is 1.92. The Kier molecular flexibility index (Phi) is 5.54. The smallest absolute Gasteiger partial charge is 0.248 e. The number of hydrogen-bond acceptors (Lipinski definition) is 3. The molecule has 0 saturated heterocycles. The fraction of sp³-hybridized carbons (Fsp3) is 0.176. The van der Waals surface area contributed by atoms with Gasteiger partial charge in [0, 0.05) is 12.0 Å². The lowest BCUT2D eigenvalue weighted by molar-refractivity contribution is 0.1000. The average Bonchev–Trinajstić information content (AvgIpc) is 2.54. The van der Waals surface area contributed by atoms with E-state index in [-0.39, 0.29) is 0 Å². The van der Waals surface area contributed by atoms with Gasteiger partial charge >= 0.3 is 0 Å². The molecule has 0 aliphatic heterocycles. The van der Waals surface area contributed by atoms with Crippen molar-refractivity contribution in [3.63, 3.8) is 0 Å². The quantitative estimate of drug-likeness (QED) is 0.466. The van der Waals surface area contributed by atoms with Crippen LogP contribution >= 0.6 is 0 Å². The highest BCUT2D eigenvalue weighted by Gasteiger charge is 2.00. The molecule has 2 aromatic rings. The minimum Gasteiger partial charge on any atom is -0.390 e. The lowest BCUT2D eigenvalue weighted by Gasteiger charge is -2.04. The third-order valence-corrected chi connectivity index (χ3v) is 3.16. The Balaban J connectivity index is 1.77. The summed E-state index contributed by atoms with van der Waals surface area (Å²) >= 11 is 0. The predicted molar refractivity (Wildman–Crippen MR) is 86.1 cm³/mol. The standard InChI is InChI=1S/C17H19N3O2/c18-16(11-8-13-4-2-1-3-5-13)20-22-12-14-6-9-15(10-7-14)17(19)21/h1-7,9-10H,8,11-12H2,(H2,18,20)(H2,19,21). The molecule has 0 bridgehead atoms. The molecule has 0 aliphatic rings. The number of amides is 1. The number of oxime groups is 1. The van der Waals surface area contributed by atoms with E-state index in [1.165, 1.54) is 5.56 Å². The van der Waals surface area contributed by atoms with Crippen LogP contribution in [0, 0.1) is 0 Å². The maximum absolute atomic E-state index is 11.0. The van der Waals surface area contributed by atoms with E-state index in [0.29, 0.717) is 24.4 Å². The van der Waals surface area contributed by atoms with Gasteiger partial charge < -0.3 is 16.3 Å². The number of aryl methyl sites for hydroxylation is 1. The molecule has 0 atom stereocenters. The Bertz CT molecular complexity index is 637. The first-order chi connectivity index (χ1) is 10.6. The first-order valence-electron chi connectivity index (χ1n) is 7.02. The third kappa shape index (κ3) is 4.94. The van der Waals surface area contributed by atoms with Gasteiger partial charge in [0.2, 0.25) is 5.91 Å². The topological polar surface area (TPSA) is 90.7 Å². The van der Waals surface area contributed by atoms with E-state index in [1.807, 2.05) is 18.2 Å². The Hall–Kier alpha value is -2.82. The summed E-state index contributed by atoms with van der Waals surface area (Å²) in [5.74, 6) is 0.00764. The molecule has 5 heteroatoms. The zero-order valence-electron chi connectivity index (χ0n) is 12.2. The van der Waals surface area contributed by atoms with E-state index in [2.05, 4.69) is 17.3 Å². The second-order valence-corrected chi connectivity index (χ2v) is 4.90. The van der Waals surface area contributed by atoms with Crippen LogP contribution in [0.3, 0.4) is 0 Å². The summed E-state index contributed by atoms with van der Waals surface area (Å²) in [6.07, 6.45) is 1.47. The number of nitrogens with zero attached hydrogens (tertiary/aromatic N) is 1. The van der Waals surface area contributed by atoms with Gasteiger partial charge in [-0.3, -0.25) is 4.79 Å². The largest absolute Gasteiger partial charge is 0.390 e. The van der Waals surface area contributed by atoms with Crippen LogP contribution in [0.2, 0.25) is 0 Å². The van der Waals surface area contributed by atoms with Gasteiger partial charge in [0.25, 0.3) is 0 Å². The normalized spacial score (nSPS) is 11.2. The number of carbonyl (C=O) groups excluding carboxylic acids is 1. The molecule has 0 aromatic heterocycles. The molecule has 4 N–H and O–H groups in total. The summed E-state index contributed by atoms with van der Waals surface area (Å²) in [5, 5.41) is 3.89. The zero-order valence-corrected chi connectivity index (χ0v) is 12.2. The Morgan fingerprint density at radius 3 is 2.27 bits per heavy atom. The molecule has 114 valence electrons. The van der Waals surface area contributed by atoms with Crippen molar-refractivity contribution in [3.8, 4) is 0 Å². The van der Waals surface area contributed by atoms with Crippen molar-refractivity contribution in [1.29, 1.82) is 0 Å². The molecule has 0 fully saturated rings. The number of hydrogen-bond donors (Lipinski definition) is 2. The number of amidine groups is 1. The van der Waals surface area contributed by atoms with Gasteiger partial charge in [-0.15, -0.1) is 0 Å². The highest BCUT2D eigenvalue weighted by molar-refractivity contribution is 5.92. The molecule has 0 spiro atoms. The van der Waals surface area contributed by atoms with Crippen molar-refractivity contribution in [2.24, 2.45) is 16.6 Å². The van der Waals surface area contributed by atoms with Gasteiger partial charge in [-0.2, -0.15) is 0 Å². The van der Waals surface area contributed by atoms with Crippen LogP contribution in [0.5, 0.6) is 0 Å². The van der Waals surface area contributed by atoms with Crippen molar-refractivity contribution in [2.45, 2.75) is 19.4 Å². The van der Waals surface area contributed by atoms with E-state index in [0.717, 1.165) is 12.0 Å². The molecule has 0 saturated carbocycles. The summed E-state index contributed by atoms with van der Waals surface area (Å²) in [6.45, 7) is 0.297. The maximum atomic E-state index is 11.0. The van der Waals surface area contributed by atoms with E-state index < -0.39 is 5.91 Å². The Morgan fingerprint density at radius 2 is 1.64 bits per heavy atom. The minimum atomic E-state index is -0.448. The second kappa shape index (κ2) is 7.83. The lowest BCUT2D eigenvalue weighted by Crippen LogP contribution is -2.13. The summed E-state index contributed by atoms with van der Waals surface area (Å²) < 4.78 is 0. The van der Waals surface area contributed by atoms with Gasteiger partial charge in [-0.25, -0.2) is 0 Å². The molecule has 0 unspecified atom stereocenters. The monoisotopic (exact) mass is 297 g/mol. The van der Waals surface area contributed by atoms with E-state index in [1.54, 1.807) is 24.3 Å². The molecule has 1 amide bonds. The van der Waals surface area contributed by atoms with Crippen LogP contribution in [0.15, 0.2) is 59.8 Å². The van der Waals surface area contributed by atoms with Gasteiger partial charge in [0.1, 0.15) is 12.4 Å². The zero-order chi connectivity index (χ0) is 15.8. The number of carbonyl (C=O) groups is 1. The van der Waals surface area contributed by atoms with Gasteiger partial charge in [0.15, 0.2) is 0 Å². The Labute approximate surface area is 129 Å².